The van der Waals surface area contributed by atoms with Crippen LogP contribution < -0.4 is 5.32 Å². The first-order valence-electron chi connectivity index (χ1n) is 5.91. The Morgan fingerprint density at radius 3 is 2.95 bits per heavy atom. The fourth-order valence-electron chi connectivity index (χ4n) is 1.54. The van der Waals surface area contributed by atoms with Gasteiger partial charge in [0.05, 0.1) is 24.9 Å². The SMILES string of the molecule is CCOC(=O)c1ccc(NCc2ncc(Cl)s2)c(Br)c1. The molecule has 7 heteroatoms. The third-order valence-corrected chi connectivity index (χ3v) is 4.21. The van der Waals surface area contributed by atoms with Gasteiger partial charge >= 0.3 is 5.97 Å². The van der Waals surface area contributed by atoms with E-state index in [-0.39, 0.29) is 5.97 Å². The fraction of sp³-hybridized carbons (Fsp3) is 0.231. The number of anilines is 1. The van der Waals surface area contributed by atoms with Gasteiger partial charge in [0.1, 0.15) is 9.34 Å². The van der Waals surface area contributed by atoms with Crippen LogP contribution in [0.1, 0.15) is 22.3 Å². The van der Waals surface area contributed by atoms with E-state index < -0.39 is 0 Å². The standard InChI is InChI=1S/C13H12BrClN2O2S/c1-2-19-13(18)8-3-4-10(9(14)5-8)16-7-12-17-6-11(15)20-12/h3-6,16H,2,7H2,1H3. The molecule has 1 aromatic carbocycles. The first-order chi connectivity index (χ1) is 9.60. The lowest BCUT2D eigenvalue weighted by Gasteiger charge is -2.08. The van der Waals surface area contributed by atoms with Gasteiger partial charge in [-0.05, 0) is 41.1 Å². The van der Waals surface area contributed by atoms with E-state index in [9.17, 15) is 4.79 Å². The van der Waals surface area contributed by atoms with Gasteiger partial charge in [-0.1, -0.05) is 11.6 Å². The van der Waals surface area contributed by atoms with Crippen molar-refractivity contribution in [2.45, 2.75) is 13.5 Å². The molecule has 0 aliphatic rings. The molecule has 0 aliphatic carbocycles. The van der Waals surface area contributed by atoms with E-state index in [1.54, 1.807) is 25.3 Å². The van der Waals surface area contributed by atoms with Gasteiger partial charge in [-0.15, -0.1) is 11.3 Å². The van der Waals surface area contributed by atoms with E-state index in [0.29, 0.717) is 23.1 Å². The number of esters is 1. The van der Waals surface area contributed by atoms with Crippen molar-refractivity contribution in [2.24, 2.45) is 0 Å². The molecule has 0 spiro atoms. The minimum absolute atomic E-state index is 0.327. The summed E-state index contributed by atoms with van der Waals surface area (Å²) in [7, 11) is 0. The first kappa shape index (κ1) is 15.3. The molecule has 106 valence electrons. The van der Waals surface area contributed by atoms with E-state index in [2.05, 4.69) is 26.2 Å². The maximum absolute atomic E-state index is 11.6. The van der Waals surface area contributed by atoms with Crippen molar-refractivity contribution in [1.82, 2.24) is 4.98 Å². The summed E-state index contributed by atoms with van der Waals surface area (Å²) in [5.41, 5.74) is 1.39. The predicted octanol–water partition coefficient (Wildman–Crippen LogP) is 4.35. The Hall–Kier alpha value is -1.11. The lowest BCUT2D eigenvalue weighted by molar-refractivity contribution is 0.0526. The van der Waals surface area contributed by atoms with Crippen LogP contribution >= 0.6 is 38.9 Å². The van der Waals surface area contributed by atoms with Crippen LogP contribution in [0.3, 0.4) is 0 Å². The lowest BCUT2D eigenvalue weighted by atomic mass is 10.2. The first-order valence-corrected chi connectivity index (χ1v) is 7.89. The highest BCUT2D eigenvalue weighted by Gasteiger charge is 2.09. The van der Waals surface area contributed by atoms with E-state index in [1.165, 1.54) is 11.3 Å². The average molecular weight is 376 g/mol. The summed E-state index contributed by atoms with van der Waals surface area (Å²) in [5, 5.41) is 4.13. The molecule has 0 amide bonds. The van der Waals surface area contributed by atoms with Crippen LogP contribution in [0.5, 0.6) is 0 Å². The van der Waals surface area contributed by atoms with E-state index in [0.717, 1.165) is 15.2 Å². The molecular formula is C13H12BrClN2O2S. The minimum Gasteiger partial charge on any atom is -0.462 e. The van der Waals surface area contributed by atoms with Gasteiger partial charge in [-0.3, -0.25) is 0 Å². The molecule has 0 saturated carbocycles. The normalized spacial score (nSPS) is 10.3. The molecule has 1 N–H and O–H groups in total. The molecule has 0 atom stereocenters. The fourth-order valence-corrected chi connectivity index (χ4v) is 2.96. The monoisotopic (exact) mass is 374 g/mol. The van der Waals surface area contributed by atoms with Crippen LogP contribution in [-0.4, -0.2) is 17.6 Å². The summed E-state index contributed by atoms with van der Waals surface area (Å²) in [5.74, 6) is -0.327. The molecule has 4 nitrogen and oxygen atoms in total. The summed E-state index contributed by atoms with van der Waals surface area (Å²) in [6.45, 7) is 2.72. The number of ether oxygens (including phenoxy) is 1. The highest BCUT2D eigenvalue weighted by atomic mass is 79.9. The van der Waals surface area contributed by atoms with Crippen LogP contribution in [0.15, 0.2) is 28.9 Å². The third kappa shape index (κ3) is 3.94. The molecule has 2 aromatic rings. The van der Waals surface area contributed by atoms with Gasteiger partial charge in [0.2, 0.25) is 0 Å². The smallest absolute Gasteiger partial charge is 0.338 e. The molecule has 0 bridgehead atoms. The van der Waals surface area contributed by atoms with E-state index in [4.69, 9.17) is 16.3 Å². The zero-order valence-electron chi connectivity index (χ0n) is 10.7. The molecular weight excluding hydrogens is 364 g/mol. The van der Waals surface area contributed by atoms with Crippen LogP contribution in [0, 0.1) is 0 Å². The Balaban J connectivity index is 2.04. The van der Waals surface area contributed by atoms with Crippen molar-refractivity contribution in [3.63, 3.8) is 0 Å². The number of nitrogens with one attached hydrogen (secondary N) is 1. The molecule has 0 aliphatic heterocycles. The zero-order chi connectivity index (χ0) is 14.5. The second-order valence-electron chi connectivity index (χ2n) is 3.83. The van der Waals surface area contributed by atoms with Crippen molar-refractivity contribution in [2.75, 3.05) is 11.9 Å². The van der Waals surface area contributed by atoms with Gasteiger partial charge in [0.15, 0.2) is 0 Å². The number of hydrogen-bond acceptors (Lipinski definition) is 5. The van der Waals surface area contributed by atoms with E-state index in [1.807, 2.05) is 6.07 Å². The van der Waals surface area contributed by atoms with Gasteiger partial charge in [0.25, 0.3) is 0 Å². The molecule has 1 aromatic heterocycles. The van der Waals surface area contributed by atoms with Gasteiger partial charge in [-0.25, -0.2) is 9.78 Å². The molecule has 0 unspecified atom stereocenters. The molecule has 0 radical (unpaired) electrons. The van der Waals surface area contributed by atoms with Crippen LogP contribution in [0.4, 0.5) is 5.69 Å². The van der Waals surface area contributed by atoms with Gasteiger partial charge in [0, 0.05) is 10.2 Å². The number of aromatic nitrogens is 1. The maximum atomic E-state index is 11.6. The highest BCUT2D eigenvalue weighted by Crippen LogP contribution is 2.25. The summed E-state index contributed by atoms with van der Waals surface area (Å²) in [6.07, 6.45) is 1.63. The van der Waals surface area contributed by atoms with Crippen molar-refractivity contribution in [3.05, 3.63) is 43.8 Å². The summed E-state index contributed by atoms with van der Waals surface area (Å²) in [4.78, 5) is 15.8. The molecule has 2 rings (SSSR count). The molecule has 0 fully saturated rings. The van der Waals surface area contributed by atoms with Crippen LogP contribution in [0.2, 0.25) is 4.34 Å². The number of nitrogens with zero attached hydrogens (tertiary/aromatic N) is 1. The molecule has 0 saturated heterocycles. The number of halogens is 2. The zero-order valence-corrected chi connectivity index (χ0v) is 13.8. The topological polar surface area (TPSA) is 51.2 Å². The van der Waals surface area contributed by atoms with Gasteiger partial charge in [-0.2, -0.15) is 0 Å². The largest absolute Gasteiger partial charge is 0.462 e. The summed E-state index contributed by atoms with van der Waals surface area (Å²) < 4.78 is 6.41. The van der Waals surface area contributed by atoms with Crippen molar-refractivity contribution < 1.29 is 9.53 Å². The van der Waals surface area contributed by atoms with Crippen LogP contribution in [0.25, 0.3) is 0 Å². The minimum atomic E-state index is -0.327. The summed E-state index contributed by atoms with van der Waals surface area (Å²) in [6, 6.07) is 5.28. The molecule has 1 heterocycles. The third-order valence-electron chi connectivity index (χ3n) is 2.44. The Morgan fingerprint density at radius 2 is 2.35 bits per heavy atom. The molecule has 20 heavy (non-hydrogen) atoms. The number of benzene rings is 1. The number of thiazole rings is 1. The Kier molecular flexibility index (Phi) is 5.39. The summed E-state index contributed by atoms with van der Waals surface area (Å²) >= 11 is 10.7. The Bertz CT molecular complexity index is 618. The second-order valence-corrected chi connectivity index (χ2v) is 6.43. The quantitative estimate of drug-likeness (QED) is 0.789. The highest BCUT2D eigenvalue weighted by molar-refractivity contribution is 9.10. The number of rotatable bonds is 5. The van der Waals surface area contributed by atoms with E-state index >= 15 is 0 Å². The van der Waals surface area contributed by atoms with Gasteiger partial charge < -0.3 is 10.1 Å². The Labute approximate surface area is 134 Å². The van der Waals surface area contributed by atoms with Crippen molar-refractivity contribution >= 4 is 50.5 Å². The van der Waals surface area contributed by atoms with Crippen molar-refractivity contribution in [1.29, 1.82) is 0 Å². The van der Waals surface area contributed by atoms with Crippen molar-refractivity contribution in [3.8, 4) is 0 Å². The second kappa shape index (κ2) is 7.06. The lowest BCUT2D eigenvalue weighted by Crippen LogP contribution is -2.05. The predicted molar refractivity (Wildman–Crippen MR) is 84.5 cm³/mol. The number of hydrogen-bond donors (Lipinski definition) is 1. The Morgan fingerprint density at radius 1 is 1.55 bits per heavy atom. The number of carbonyl (C=O) groups is 1. The van der Waals surface area contributed by atoms with Crippen LogP contribution in [-0.2, 0) is 11.3 Å². The average Bonchev–Trinajstić information content (AvgIpc) is 2.83. The number of carbonyl (C=O) groups excluding carboxylic acids is 1. The maximum Gasteiger partial charge on any atom is 0.338 e.